The summed E-state index contributed by atoms with van der Waals surface area (Å²) in [7, 11) is 0. The average Bonchev–Trinajstić information content (AvgIpc) is 2.55. The number of hydrogen-bond donors (Lipinski definition) is 1. The number of rotatable bonds is 6. The lowest BCUT2D eigenvalue weighted by Crippen LogP contribution is -2.18. The number of carbonyl (C=O) groups is 1. The molecule has 0 heterocycles. The molecule has 0 atom stereocenters. The van der Waals surface area contributed by atoms with Crippen molar-refractivity contribution in [2.45, 2.75) is 12.8 Å². The Morgan fingerprint density at radius 3 is 2.65 bits per heavy atom. The molecule has 0 bridgehead atoms. The maximum Gasteiger partial charge on any atom is 0.270 e. The van der Waals surface area contributed by atoms with Crippen molar-refractivity contribution in [2.24, 2.45) is 5.10 Å². The van der Waals surface area contributed by atoms with E-state index >= 15 is 0 Å². The van der Waals surface area contributed by atoms with Crippen molar-refractivity contribution in [3.8, 4) is 5.75 Å². The molecule has 0 radical (unpaired) electrons. The van der Waals surface area contributed by atoms with Crippen molar-refractivity contribution in [3.63, 3.8) is 0 Å². The Hall–Kier alpha value is -3.22. The molecule has 2 aromatic rings. The number of aryl methyl sites for hydroxylation is 1. The summed E-state index contributed by atoms with van der Waals surface area (Å²) in [5.74, 6) is -0.708. The summed E-state index contributed by atoms with van der Waals surface area (Å²) >= 11 is 0. The van der Waals surface area contributed by atoms with Crippen LogP contribution < -0.4 is 10.5 Å². The number of amides is 1. The Morgan fingerprint density at radius 1 is 1.22 bits per heavy atom. The largest absolute Gasteiger partial charge is 0.872 e. The molecule has 0 fully saturated rings. The van der Waals surface area contributed by atoms with E-state index in [-0.39, 0.29) is 23.6 Å². The van der Waals surface area contributed by atoms with E-state index in [9.17, 15) is 20.0 Å². The van der Waals surface area contributed by atoms with Crippen molar-refractivity contribution < 1.29 is 14.8 Å². The van der Waals surface area contributed by atoms with Gasteiger partial charge in [0.2, 0.25) is 5.91 Å². The fourth-order valence-corrected chi connectivity index (χ4v) is 1.88. The van der Waals surface area contributed by atoms with E-state index in [0.717, 1.165) is 30.0 Å². The van der Waals surface area contributed by atoms with Gasteiger partial charge in [-0.1, -0.05) is 42.1 Å². The van der Waals surface area contributed by atoms with E-state index < -0.39 is 10.7 Å². The number of benzene rings is 2. The van der Waals surface area contributed by atoms with Crippen LogP contribution in [0.15, 0.2) is 53.6 Å². The van der Waals surface area contributed by atoms with Gasteiger partial charge >= 0.3 is 0 Å². The number of non-ortho nitro benzene ring substituents is 1. The molecule has 7 nitrogen and oxygen atoms in total. The number of hydrogen-bond acceptors (Lipinski definition) is 5. The molecule has 0 aliphatic carbocycles. The van der Waals surface area contributed by atoms with Gasteiger partial charge in [-0.15, -0.1) is 0 Å². The molecule has 23 heavy (non-hydrogen) atoms. The average molecular weight is 312 g/mol. The Morgan fingerprint density at radius 2 is 1.96 bits per heavy atom. The summed E-state index contributed by atoms with van der Waals surface area (Å²) in [6.07, 6.45) is 1.93. The predicted molar refractivity (Wildman–Crippen MR) is 83.0 cm³/mol. The predicted octanol–water partition coefficient (Wildman–Crippen LogP) is 1.75. The maximum atomic E-state index is 11.7. The summed E-state index contributed by atoms with van der Waals surface area (Å²) < 4.78 is 0. The molecule has 7 heteroatoms. The Balaban J connectivity index is 1.90. The van der Waals surface area contributed by atoms with Crippen LogP contribution in [0.5, 0.6) is 5.75 Å². The summed E-state index contributed by atoms with van der Waals surface area (Å²) in [4.78, 5) is 21.7. The lowest BCUT2D eigenvalue weighted by atomic mass is 10.1. The lowest BCUT2D eigenvalue weighted by molar-refractivity contribution is -0.385. The minimum atomic E-state index is -0.602. The third kappa shape index (κ3) is 4.92. The lowest BCUT2D eigenvalue weighted by Gasteiger charge is -2.08. The quantitative estimate of drug-likeness (QED) is 0.498. The fourth-order valence-electron chi connectivity index (χ4n) is 1.88. The van der Waals surface area contributed by atoms with Crippen molar-refractivity contribution >= 4 is 17.8 Å². The van der Waals surface area contributed by atoms with Crippen LogP contribution in [0.1, 0.15) is 17.5 Å². The highest BCUT2D eigenvalue weighted by molar-refractivity contribution is 5.85. The van der Waals surface area contributed by atoms with Crippen LogP contribution in [-0.2, 0) is 11.2 Å². The number of carbonyl (C=O) groups excluding carboxylic acids is 1. The number of nitrogens with one attached hydrogen (secondary N) is 1. The highest BCUT2D eigenvalue weighted by Gasteiger charge is 2.05. The van der Waals surface area contributed by atoms with Gasteiger partial charge < -0.3 is 5.11 Å². The molecule has 0 aliphatic rings. The SMILES string of the molecule is O=C(CCc1ccccc1)N/N=C\c1cc([N+](=O)[O-])ccc1[O-]. The monoisotopic (exact) mass is 312 g/mol. The second-order valence-corrected chi connectivity index (χ2v) is 4.76. The number of nitrogens with zero attached hydrogens (tertiary/aromatic N) is 2. The Kier molecular flexibility index (Phi) is 5.40. The second kappa shape index (κ2) is 7.69. The number of nitro groups is 1. The van der Waals surface area contributed by atoms with Crippen LogP contribution >= 0.6 is 0 Å². The third-order valence-electron chi connectivity index (χ3n) is 3.08. The molecule has 0 saturated heterocycles. The van der Waals surface area contributed by atoms with Crippen molar-refractivity contribution in [1.82, 2.24) is 5.43 Å². The number of hydrazone groups is 1. The summed E-state index contributed by atoms with van der Waals surface area (Å²) in [5.41, 5.74) is 3.17. The van der Waals surface area contributed by atoms with Gasteiger partial charge in [-0.25, -0.2) is 5.43 Å². The normalized spacial score (nSPS) is 10.6. The van der Waals surface area contributed by atoms with Crippen molar-refractivity contribution in [2.75, 3.05) is 0 Å². The van der Waals surface area contributed by atoms with Crippen LogP contribution in [-0.4, -0.2) is 17.0 Å². The van der Waals surface area contributed by atoms with Crippen LogP contribution in [0.4, 0.5) is 5.69 Å². The maximum absolute atomic E-state index is 11.7. The molecule has 0 spiro atoms. The smallest absolute Gasteiger partial charge is 0.270 e. The van der Waals surface area contributed by atoms with Gasteiger partial charge in [0.1, 0.15) is 0 Å². The first-order chi connectivity index (χ1) is 11.1. The van der Waals surface area contributed by atoms with E-state index in [1.54, 1.807) is 0 Å². The van der Waals surface area contributed by atoms with Gasteiger partial charge in [0, 0.05) is 18.6 Å². The van der Waals surface area contributed by atoms with Crippen molar-refractivity contribution in [3.05, 3.63) is 69.8 Å². The molecule has 0 saturated carbocycles. The highest BCUT2D eigenvalue weighted by Crippen LogP contribution is 2.18. The topological polar surface area (TPSA) is 108 Å². The van der Waals surface area contributed by atoms with E-state index in [2.05, 4.69) is 10.5 Å². The standard InChI is InChI=1S/C16H15N3O4/c20-15-8-7-14(19(22)23)10-13(15)11-17-18-16(21)9-6-12-4-2-1-3-5-12/h1-5,7-8,10-11,20H,6,9H2,(H,18,21)/p-1/b17-11-. The highest BCUT2D eigenvalue weighted by atomic mass is 16.6. The zero-order valence-corrected chi connectivity index (χ0v) is 12.1. The van der Waals surface area contributed by atoms with Crippen LogP contribution in [0.2, 0.25) is 0 Å². The first-order valence-electron chi connectivity index (χ1n) is 6.87. The molecule has 0 unspecified atom stereocenters. The van der Waals surface area contributed by atoms with Crippen LogP contribution in [0.25, 0.3) is 0 Å². The van der Waals surface area contributed by atoms with Crippen LogP contribution in [0.3, 0.4) is 0 Å². The minimum absolute atomic E-state index is 0.0440. The third-order valence-corrected chi connectivity index (χ3v) is 3.08. The molecule has 1 N–H and O–H groups in total. The minimum Gasteiger partial charge on any atom is -0.872 e. The molecule has 0 aromatic heterocycles. The van der Waals surface area contributed by atoms with Gasteiger partial charge in [-0.2, -0.15) is 5.10 Å². The first-order valence-corrected chi connectivity index (χ1v) is 6.87. The molecular weight excluding hydrogens is 298 g/mol. The number of nitro benzene ring substituents is 1. The van der Waals surface area contributed by atoms with Gasteiger partial charge in [-0.05, 0) is 17.5 Å². The molecule has 2 rings (SSSR count). The zero-order valence-electron chi connectivity index (χ0n) is 12.1. The fraction of sp³-hybridized carbons (Fsp3) is 0.125. The summed E-state index contributed by atoms with van der Waals surface area (Å²) in [5, 5.41) is 25.9. The molecule has 1 amide bonds. The van der Waals surface area contributed by atoms with Gasteiger partial charge in [-0.3, -0.25) is 14.9 Å². The molecule has 118 valence electrons. The van der Waals surface area contributed by atoms with E-state index in [1.807, 2.05) is 30.3 Å². The molecule has 2 aromatic carbocycles. The van der Waals surface area contributed by atoms with Crippen molar-refractivity contribution in [1.29, 1.82) is 0 Å². The molecule has 0 aliphatic heterocycles. The van der Waals surface area contributed by atoms with Gasteiger partial charge in [0.25, 0.3) is 5.69 Å². The second-order valence-electron chi connectivity index (χ2n) is 4.76. The van der Waals surface area contributed by atoms with E-state index in [4.69, 9.17) is 0 Å². The molecular formula is C16H14N3O4-. The van der Waals surface area contributed by atoms with E-state index in [0.29, 0.717) is 6.42 Å². The Bertz CT molecular complexity index is 729. The van der Waals surface area contributed by atoms with Crippen LogP contribution in [0, 0.1) is 10.1 Å². The summed E-state index contributed by atoms with van der Waals surface area (Å²) in [6, 6.07) is 12.9. The van der Waals surface area contributed by atoms with E-state index in [1.165, 1.54) is 0 Å². The Labute approximate surface area is 132 Å². The zero-order chi connectivity index (χ0) is 16.7. The summed E-state index contributed by atoms with van der Waals surface area (Å²) in [6.45, 7) is 0. The van der Waals surface area contributed by atoms with Gasteiger partial charge in [0.05, 0.1) is 11.1 Å². The first kappa shape index (κ1) is 16.2. The van der Waals surface area contributed by atoms with Gasteiger partial charge in [0.15, 0.2) is 0 Å².